The Morgan fingerprint density at radius 3 is 2.16 bits per heavy atom. The van der Waals surface area contributed by atoms with E-state index in [2.05, 4.69) is 40.5 Å². The van der Waals surface area contributed by atoms with Gasteiger partial charge < -0.3 is 10.6 Å². The van der Waals surface area contributed by atoms with Crippen LogP contribution in [0.5, 0.6) is 0 Å². The fourth-order valence-electron chi connectivity index (χ4n) is 2.14. The highest BCUT2D eigenvalue weighted by Crippen LogP contribution is 2.14. The first-order valence-corrected chi connectivity index (χ1v) is 9.25. The highest BCUT2D eigenvalue weighted by atomic mass is 35.5. The van der Waals surface area contributed by atoms with E-state index in [1.54, 1.807) is 12.1 Å². The minimum Gasteiger partial charge on any atom is -0.331 e. The van der Waals surface area contributed by atoms with E-state index in [1.807, 2.05) is 24.3 Å². The number of hydrazine groups is 1. The summed E-state index contributed by atoms with van der Waals surface area (Å²) >= 11 is 16.4. The molecular formula is C18H21ClN4S2. The Kier molecular flexibility index (Phi) is 7.91. The molecular weight excluding hydrogens is 372 g/mol. The number of aryl methyl sites for hydroxylation is 1. The molecule has 0 amide bonds. The largest absolute Gasteiger partial charge is 0.331 e. The Hall–Kier alpha value is -1.89. The Morgan fingerprint density at radius 1 is 0.920 bits per heavy atom. The van der Waals surface area contributed by atoms with Gasteiger partial charge in [0.15, 0.2) is 10.2 Å². The first kappa shape index (κ1) is 19.4. The lowest BCUT2D eigenvalue weighted by molar-refractivity contribution is 0.795. The molecule has 25 heavy (non-hydrogen) atoms. The average molecular weight is 393 g/mol. The zero-order chi connectivity index (χ0) is 18.1. The van der Waals surface area contributed by atoms with E-state index in [4.69, 9.17) is 36.0 Å². The molecule has 0 radical (unpaired) electrons. The Bertz CT molecular complexity index is 719. The second kappa shape index (κ2) is 10.2. The van der Waals surface area contributed by atoms with Crippen LogP contribution >= 0.6 is 36.0 Å². The van der Waals surface area contributed by atoms with E-state index in [9.17, 15) is 0 Å². The molecule has 0 aliphatic heterocycles. The monoisotopic (exact) mass is 392 g/mol. The van der Waals surface area contributed by atoms with Gasteiger partial charge in [-0.3, -0.25) is 10.9 Å². The smallest absolute Gasteiger partial charge is 0.189 e. The summed E-state index contributed by atoms with van der Waals surface area (Å²) in [6.45, 7) is 2.19. The summed E-state index contributed by atoms with van der Waals surface area (Å²) in [5, 5.41) is 7.57. The summed E-state index contributed by atoms with van der Waals surface area (Å²) in [7, 11) is 0. The molecule has 4 N–H and O–H groups in total. The first-order valence-electron chi connectivity index (χ1n) is 8.05. The van der Waals surface area contributed by atoms with Crippen molar-refractivity contribution < 1.29 is 0 Å². The van der Waals surface area contributed by atoms with Crippen LogP contribution in [-0.2, 0) is 6.42 Å². The van der Waals surface area contributed by atoms with Gasteiger partial charge in [0.1, 0.15) is 0 Å². The van der Waals surface area contributed by atoms with Crippen molar-refractivity contribution in [3.8, 4) is 0 Å². The lowest BCUT2D eigenvalue weighted by Crippen LogP contribution is -2.45. The van der Waals surface area contributed by atoms with Gasteiger partial charge in [-0.15, -0.1) is 0 Å². The number of hydrogen-bond donors (Lipinski definition) is 4. The molecule has 132 valence electrons. The quantitative estimate of drug-likeness (QED) is 0.430. The number of anilines is 2. The second-order valence-electron chi connectivity index (χ2n) is 5.47. The molecule has 0 aliphatic carbocycles. The molecule has 0 bridgehead atoms. The molecule has 4 nitrogen and oxygen atoms in total. The molecule has 0 aliphatic rings. The Morgan fingerprint density at radius 2 is 1.56 bits per heavy atom. The third-order valence-corrected chi connectivity index (χ3v) is 4.05. The van der Waals surface area contributed by atoms with Gasteiger partial charge in [-0.2, -0.15) is 0 Å². The van der Waals surface area contributed by atoms with Crippen molar-refractivity contribution in [2.75, 3.05) is 10.6 Å². The van der Waals surface area contributed by atoms with Crippen molar-refractivity contribution in [1.82, 2.24) is 10.9 Å². The van der Waals surface area contributed by atoms with E-state index in [-0.39, 0.29) is 0 Å². The summed E-state index contributed by atoms with van der Waals surface area (Å²) < 4.78 is 0. The maximum atomic E-state index is 5.94. The Labute approximate surface area is 164 Å². The fraction of sp³-hybridized carbons (Fsp3) is 0.222. The molecule has 7 heteroatoms. The van der Waals surface area contributed by atoms with Crippen molar-refractivity contribution in [2.24, 2.45) is 0 Å². The maximum absolute atomic E-state index is 5.94. The molecule has 0 unspecified atom stereocenters. The van der Waals surface area contributed by atoms with E-state index < -0.39 is 0 Å². The van der Waals surface area contributed by atoms with Gasteiger partial charge in [-0.05, 0) is 73.2 Å². The van der Waals surface area contributed by atoms with Gasteiger partial charge in [0.25, 0.3) is 0 Å². The SMILES string of the molecule is CCCCc1ccc(NC(=S)NNC(=S)Nc2cccc(Cl)c2)cc1. The van der Waals surface area contributed by atoms with E-state index in [1.165, 1.54) is 18.4 Å². The summed E-state index contributed by atoms with van der Waals surface area (Å²) in [6, 6.07) is 15.6. The third kappa shape index (κ3) is 7.25. The highest BCUT2D eigenvalue weighted by Gasteiger charge is 2.01. The topological polar surface area (TPSA) is 48.1 Å². The van der Waals surface area contributed by atoms with Crippen LogP contribution in [-0.4, -0.2) is 10.2 Å². The van der Waals surface area contributed by atoms with Crippen LogP contribution in [0.25, 0.3) is 0 Å². The van der Waals surface area contributed by atoms with Crippen molar-refractivity contribution in [2.45, 2.75) is 26.2 Å². The van der Waals surface area contributed by atoms with E-state index >= 15 is 0 Å². The normalized spacial score (nSPS) is 10.0. The predicted octanol–water partition coefficient (Wildman–Crippen LogP) is 4.87. The van der Waals surface area contributed by atoms with Crippen LogP contribution in [0.4, 0.5) is 11.4 Å². The van der Waals surface area contributed by atoms with Crippen LogP contribution < -0.4 is 21.5 Å². The molecule has 2 aromatic rings. The van der Waals surface area contributed by atoms with Crippen LogP contribution in [0.3, 0.4) is 0 Å². The minimum atomic E-state index is 0.390. The van der Waals surface area contributed by atoms with Crippen molar-refractivity contribution in [3.63, 3.8) is 0 Å². The number of nitrogens with one attached hydrogen (secondary N) is 4. The summed E-state index contributed by atoms with van der Waals surface area (Å²) in [6.07, 6.45) is 3.50. The fourth-order valence-corrected chi connectivity index (χ4v) is 2.67. The zero-order valence-corrected chi connectivity index (χ0v) is 16.3. The van der Waals surface area contributed by atoms with Crippen LogP contribution in [0.2, 0.25) is 5.02 Å². The first-order chi connectivity index (χ1) is 12.1. The summed E-state index contributed by atoms with van der Waals surface area (Å²) in [4.78, 5) is 0. The number of unbranched alkanes of at least 4 members (excludes halogenated alkanes) is 1. The number of benzene rings is 2. The molecule has 0 atom stereocenters. The van der Waals surface area contributed by atoms with Gasteiger partial charge in [0, 0.05) is 16.4 Å². The van der Waals surface area contributed by atoms with Crippen LogP contribution in [0.15, 0.2) is 48.5 Å². The van der Waals surface area contributed by atoms with E-state index in [0.717, 1.165) is 17.8 Å². The third-order valence-electron chi connectivity index (χ3n) is 3.40. The standard InChI is InChI=1S/C18H21ClN4S2/c1-2-3-5-13-8-10-15(11-9-13)20-17(24)22-23-18(25)21-16-7-4-6-14(19)12-16/h4,6-12H,2-3,5H2,1H3,(H2,20,22,24)(H2,21,23,25). The predicted molar refractivity (Wildman–Crippen MR) is 115 cm³/mol. The highest BCUT2D eigenvalue weighted by molar-refractivity contribution is 7.81. The van der Waals surface area contributed by atoms with Crippen LogP contribution in [0.1, 0.15) is 25.3 Å². The molecule has 0 saturated carbocycles. The summed E-state index contributed by atoms with van der Waals surface area (Å²) in [5.41, 5.74) is 8.74. The van der Waals surface area contributed by atoms with Gasteiger partial charge in [0.05, 0.1) is 0 Å². The van der Waals surface area contributed by atoms with Crippen LogP contribution in [0, 0.1) is 0 Å². The number of hydrogen-bond acceptors (Lipinski definition) is 2. The lowest BCUT2D eigenvalue weighted by atomic mass is 10.1. The molecule has 0 spiro atoms. The molecule has 0 saturated heterocycles. The van der Waals surface area contributed by atoms with Gasteiger partial charge >= 0.3 is 0 Å². The molecule has 0 aromatic heterocycles. The zero-order valence-electron chi connectivity index (χ0n) is 13.9. The average Bonchev–Trinajstić information content (AvgIpc) is 2.59. The number of halogens is 1. The van der Waals surface area contributed by atoms with Gasteiger partial charge in [0.2, 0.25) is 0 Å². The molecule has 0 heterocycles. The van der Waals surface area contributed by atoms with Gasteiger partial charge in [-0.1, -0.05) is 43.1 Å². The van der Waals surface area contributed by atoms with Crippen molar-refractivity contribution in [1.29, 1.82) is 0 Å². The molecule has 0 fully saturated rings. The van der Waals surface area contributed by atoms with Crippen molar-refractivity contribution >= 4 is 57.6 Å². The number of thiocarbonyl (C=S) groups is 2. The van der Waals surface area contributed by atoms with E-state index in [0.29, 0.717) is 15.2 Å². The summed E-state index contributed by atoms with van der Waals surface area (Å²) in [5.74, 6) is 0. The molecule has 2 rings (SSSR count). The van der Waals surface area contributed by atoms with Crippen molar-refractivity contribution in [3.05, 3.63) is 59.1 Å². The second-order valence-corrected chi connectivity index (χ2v) is 6.72. The Balaban J connectivity index is 1.75. The number of rotatable bonds is 5. The van der Waals surface area contributed by atoms with Gasteiger partial charge in [-0.25, -0.2) is 0 Å². The maximum Gasteiger partial charge on any atom is 0.189 e. The lowest BCUT2D eigenvalue weighted by Gasteiger charge is -2.14. The molecule has 2 aromatic carbocycles. The minimum absolute atomic E-state index is 0.390.